The molecular formula is C17H26N2O. The summed E-state index contributed by atoms with van der Waals surface area (Å²) in [6.07, 6.45) is 4.09. The number of hydrogen-bond donors (Lipinski definition) is 1. The minimum absolute atomic E-state index is 0.373. The highest BCUT2D eigenvalue weighted by Gasteiger charge is 2.35. The van der Waals surface area contributed by atoms with Crippen molar-refractivity contribution in [1.82, 2.24) is 9.80 Å². The lowest BCUT2D eigenvalue weighted by Gasteiger charge is -2.49. The molecule has 3 atom stereocenters. The fraction of sp³-hybridized carbons (Fsp3) is 0.647. The Bertz CT molecular complexity index is 462. The quantitative estimate of drug-likeness (QED) is 0.898. The third-order valence-corrected chi connectivity index (χ3v) is 5.09. The van der Waals surface area contributed by atoms with Crippen LogP contribution in [0.15, 0.2) is 24.3 Å². The topological polar surface area (TPSA) is 26.7 Å². The maximum absolute atomic E-state index is 9.69. The SMILES string of the molecule is CC1CN2CCCCC2CN1C(C)c1cccc(O)c1. The van der Waals surface area contributed by atoms with E-state index in [0.717, 1.165) is 12.6 Å². The molecule has 2 aliphatic rings. The molecule has 1 N–H and O–H groups in total. The van der Waals surface area contributed by atoms with Crippen LogP contribution in [0.5, 0.6) is 5.75 Å². The largest absolute Gasteiger partial charge is 0.508 e. The predicted octanol–water partition coefficient (Wildman–Crippen LogP) is 3.01. The van der Waals surface area contributed by atoms with Crippen molar-refractivity contribution in [2.75, 3.05) is 19.6 Å². The van der Waals surface area contributed by atoms with Crippen LogP contribution in [0.25, 0.3) is 0 Å². The Labute approximate surface area is 122 Å². The summed E-state index contributed by atoms with van der Waals surface area (Å²) in [4.78, 5) is 5.29. The number of piperidine rings is 1. The standard InChI is InChI=1S/C17H26N2O/c1-13-11-18-9-4-3-7-16(18)12-19(13)14(2)15-6-5-8-17(20)10-15/h5-6,8,10,13-14,16,20H,3-4,7,9,11-12H2,1-2H3. The second kappa shape index (κ2) is 5.74. The lowest BCUT2D eigenvalue weighted by Crippen LogP contribution is -2.58. The van der Waals surface area contributed by atoms with Crippen LogP contribution in [0.2, 0.25) is 0 Å². The van der Waals surface area contributed by atoms with Gasteiger partial charge in [-0.3, -0.25) is 9.80 Å². The number of phenols is 1. The van der Waals surface area contributed by atoms with Gasteiger partial charge in [-0.05, 0) is 50.9 Å². The first-order chi connectivity index (χ1) is 9.65. The van der Waals surface area contributed by atoms with Crippen molar-refractivity contribution in [2.45, 2.75) is 51.2 Å². The first-order valence-corrected chi connectivity index (χ1v) is 7.94. The van der Waals surface area contributed by atoms with Crippen molar-refractivity contribution < 1.29 is 5.11 Å². The van der Waals surface area contributed by atoms with E-state index < -0.39 is 0 Å². The van der Waals surface area contributed by atoms with Gasteiger partial charge in [0.15, 0.2) is 0 Å². The Morgan fingerprint density at radius 3 is 2.90 bits per heavy atom. The molecule has 0 aromatic heterocycles. The molecule has 3 unspecified atom stereocenters. The van der Waals surface area contributed by atoms with Crippen molar-refractivity contribution in [3.63, 3.8) is 0 Å². The molecule has 3 rings (SSSR count). The van der Waals surface area contributed by atoms with Gasteiger partial charge in [-0.15, -0.1) is 0 Å². The van der Waals surface area contributed by atoms with Crippen LogP contribution in [-0.4, -0.2) is 46.6 Å². The van der Waals surface area contributed by atoms with Gasteiger partial charge in [0, 0.05) is 31.2 Å². The van der Waals surface area contributed by atoms with Crippen molar-refractivity contribution >= 4 is 0 Å². The maximum Gasteiger partial charge on any atom is 0.115 e. The van der Waals surface area contributed by atoms with E-state index in [1.54, 1.807) is 6.07 Å². The molecule has 110 valence electrons. The summed E-state index contributed by atoms with van der Waals surface area (Å²) in [5.41, 5.74) is 1.22. The van der Waals surface area contributed by atoms with Crippen molar-refractivity contribution in [1.29, 1.82) is 0 Å². The molecule has 2 fully saturated rings. The van der Waals surface area contributed by atoms with E-state index in [1.807, 2.05) is 12.1 Å². The highest BCUT2D eigenvalue weighted by Crippen LogP contribution is 2.31. The monoisotopic (exact) mass is 274 g/mol. The van der Waals surface area contributed by atoms with Gasteiger partial charge in [-0.2, -0.15) is 0 Å². The molecule has 2 heterocycles. The second-order valence-corrected chi connectivity index (χ2v) is 6.46. The number of nitrogens with zero attached hydrogens (tertiary/aromatic N) is 2. The minimum atomic E-state index is 0.373. The Kier molecular flexibility index (Phi) is 3.99. The molecule has 0 aliphatic carbocycles. The Balaban J connectivity index is 1.75. The minimum Gasteiger partial charge on any atom is -0.508 e. The van der Waals surface area contributed by atoms with Gasteiger partial charge < -0.3 is 5.11 Å². The zero-order chi connectivity index (χ0) is 14.1. The molecule has 0 bridgehead atoms. The number of benzene rings is 1. The third kappa shape index (κ3) is 2.70. The van der Waals surface area contributed by atoms with Gasteiger partial charge in [0.1, 0.15) is 5.75 Å². The lowest BCUT2D eigenvalue weighted by atomic mass is 9.94. The Morgan fingerprint density at radius 2 is 2.10 bits per heavy atom. The number of piperazine rings is 1. The van der Waals surface area contributed by atoms with E-state index in [4.69, 9.17) is 0 Å². The van der Waals surface area contributed by atoms with E-state index in [0.29, 0.717) is 17.8 Å². The van der Waals surface area contributed by atoms with Crippen LogP contribution >= 0.6 is 0 Å². The average molecular weight is 274 g/mol. The predicted molar refractivity (Wildman–Crippen MR) is 81.9 cm³/mol. The molecule has 2 aliphatic heterocycles. The zero-order valence-electron chi connectivity index (χ0n) is 12.6. The summed E-state index contributed by atoms with van der Waals surface area (Å²) >= 11 is 0. The smallest absolute Gasteiger partial charge is 0.115 e. The molecule has 0 saturated carbocycles. The van der Waals surface area contributed by atoms with E-state index in [1.165, 1.54) is 37.9 Å². The van der Waals surface area contributed by atoms with Crippen LogP contribution in [0.4, 0.5) is 0 Å². The zero-order valence-corrected chi connectivity index (χ0v) is 12.6. The molecule has 1 aromatic rings. The summed E-state index contributed by atoms with van der Waals surface area (Å²) in [5.74, 6) is 0.373. The number of aromatic hydroxyl groups is 1. The van der Waals surface area contributed by atoms with Crippen LogP contribution in [0, 0.1) is 0 Å². The summed E-state index contributed by atoms with van der Waals surface area (Å²) in [7, 11) is 0. The molecule has 0 spiro atoms. The average Bonchev–Trinajstić information content (AvgIpc) is 2.46. The number of hydrogen-bond acceptors (Lipinski definition) is 3. The van der Waals surface area contributed by atoms with Gasteiger partial charge >= 0.3 is 0 Å². The lowest BCUT2D eigenvalue weighted by molar-refractivity contribution is -0.00462. The molecule has 20 heavy (non-hydrogen) atoms. The number of phenolic OH excluding ortho intramolecular Hbond substituents is 1. The van der Waals surface area contributed by atoms with Gasteiger partial charge in [0.2, 0.25) is 0 Å². The van der Waals surface area contributed by atoms with Crippen molar-refractivity contribution in [2.24, 2.45) is 0 Å². The Hall–Kier alpha value is -1.06. The van der Waals surface area contributed by atoms with E-state index in [9.17, 15) is 5.11 Å². The first kappa shape index (κ1) is 13.9. The molecule has 3 nitrogen and oxygen atoms in total. The van der Waals surface area contributed by atoms with Gasteiger partial charge in [-0.1, -0.05) is 18.6 Å². The fourth-order valence-corrected chi connectivity index (χ4v) is 3.89. The normalized spacial score (nSPS) is 29.9. The summed E-state index contributed by atoms with van der Waals surface area (Å²) < 4.78 is 0. The highest BCUT2D eigenvalue weighted by atomic mass is 16.3. The van der Waals surface area contributed by atoms with E-state index in [2.05, 4.69) is 29.7 Å². The van der Waals surface area contributed by atoms with Crippen LogP contribution < -0.4 is 0 Å². The first-order valence-electron chi connectivity index (χ1n) is 7.94. The Morgan fingerprint density at radius 1 is 1.25 bits per heavy atom. The van der Waals surface area contributed by atoms with Gasteiger partial charge in [0.25, 0.3) is 0 Å². The van der Waals surface area contributed by atoms with E-state index >= 15 is 0 Å². The molecule has 2 saturated heterocycles. The molecular weight excluding hydrogens is 248 g/mol. The van der Waals surface area contributed by atoms with Crippen LogP contribution in [0.1, 0.15) is 44.7 Å². The molecule has 0 amide bonds. The fourth-order valence-electron chi connectivity index (χ4n) is 3.89. The molecule has 1 aromatic carbocycles. The molecule has 0 radical (unpaired) electrons. The second-order valence-electron chi connectivity index (χ2n) is 6.46. The summed E-state index contributed by atoms with van der Waals surface area (Å²) in [6, 6.07) is 9.43. The van der Waals surface area contributed by atoms with Crippen LogP contribution in [-0.2, 0) is 0 Å². The molecule has 3 heteroatoms. The third-order valence-electron chi connectivity index (χ3n) is 5.09. The highest BCUT2D eigenvalue weighted by molar-refractivity contribution is 5.29. The van der Waals surface area contributed by atoms with Gasteiger partial charge in [0.05, 0.1) is 0 Å². The summed E-state index contributed by atoms with van der Waals surface area (Å²) in [5, 5.41) is 9.69. The van der Waals surface area contributed by atoms with E-state index in [-0.39, 0.29) is 0 Å². The number of rotatable bonds is 2. The number of fused-ring (bicyclic) bond motifs is 1. The summed E-state index contributed by atoms with van der Waals surface area (Å²) in [6.45, 7) is 8.24. The van der Waals surface area contributed by atoms with Gasteiger partial charge in [-0.25, -0.2) is 0 Å². The maximum atomic E-state index is 9.69. The van der Waals surface area contributed by atoms with Crippen molar-refractivity contribution in [3.05, 3.63) is 29.8 Å². The van der Waals surface area contributed by atoms with Crippen LogP contribution in [0.3, 0.4) is 0 Å². The van der Waals surface area contributed by atoms with Crippen molar-refractivity contribution in [3.8, 4) is 5.75 Å².